The Morgan fingerprint density at radius 2 is 1.56 bits per heavy atom. The lowest BCUT2D eigenvalue weighted by molar-refractivity contribution is 0.505. The van der Waals surface area contributed by atoms with E-state index in [0.29, 0.717) is 4.75 Å². The molecule has 0 aromatic heterocycles. The van der Waals surface area contributed by atoms with Crippen LogP contribution in [0.5, 0.6) is 0 Å². The Kier molecular flexibility index (Phi) is 4.37. The molecule has 1 heteroatoms. The largest absolute Gasteiger partial charge is 0.173 e. The van der Waals surface area contributed by atoms with E-state index < -0.39 is 0 Å². The van der Waals surface area contributed by atoms with Crippen molar-refractivity contribution in [2.24, 2.45) is 0 Å². The van der Waals surface area contributed by atoms with Crippen LogP contribution in [0.15, 0.2) is 0 Å². The molecule has 0 atom stereocenters. The van der Waals surface area contributed by atoms with Crippen LogP contribution in [0.4, 0.5) is 0 Å². The molecule has 0 heterocycles. The smallest absolute Gasteiger partial charge is 0.0124 e. The van der Waals surface area contributed by atoms with E-state index in [0.717, 1.165) is 0 Å². The SMILES string of the molecule is CCCC(S)(CC)CC. The fraction of sp³-hybridized carbons (Fsp3) is 1.00. The van der Waals surface area contributed by atoms with E-state index in [1.807, 2.05) is 0 Å². The summed E-state index contributed by atoms with van der Waals surface area (Å²) in [7, 11) is 0. The van der Waals surface area contributed by atoms with Gasteiger partial charge in [0.1, 0.15) is 0 Å². The summed E-state index contributed by atoms with van der Waals surface area (Å²) in [5.41, 5.74) is 0. The van der Waals surface area contributed by atoms with Gasteiger partial charge in [-0.2, -0.15) is 12.6 Å². The molecular formula is C8H18S. The van der Waals surface area contributed by atoms with Gasteiger partial charge >= 0.3 is 0 Å². The van der Waals surface area contributed by atoms with Gasteiger partial charge in [0.25, 0.3) is 0 Å². The second-order valence-electron chi connectivity index (χ2n) is 2.68. The van der Waals surface area contributed by atoms with Crippen LogP contribution in [0.1, 0.15) is 46.5 Å². The fourth-order valence-electron chi connectivity index (χ4n) is 1.07. The topological polar surface area (TPSA) is 0 Å². The fourth-order valence-corrected chi connectivity index (χ4v) is 1.29. The molecule has 0 unspecified atom stereocenters. The molecule has 0 aliphatic heterocycles. The Bertz CT molecular complexity index is 65.0. The Labute approximate surface area is 64.4 Å². The minimum atomic E-state index is 0.328. The van der Waals surface area contributed by atoms with Crippen LogP contribution in [-0.4, -0.2) is 4.75 Å². The van der Waals surface area contributed by atoms with Gasteiger partial charge in [-0.25, -0.2) is 0 Å². The first-order valence-electron chi connectivity index (χ1n) is 3.91. The summed E-state index contributed by atoms with van der Waals surface area (Å²) >= 11 is 4.60. The van der Waals surface area contributed by atoms with Gasteiger partial charge in [0.15, 0.2) is 0 Å². The molecule has 0 radical (unpaired) electrons. The van der Waals surface area contributed by atoms with Crippen molar-refractivity contribution < 1.29 is 0 Å². The predicted molar refractivity (Wildman–Crippen MR) is 47.2 cm³/mol. The Morgan fingerprint density at radius 1 is 1.11 bits per heavy atom. The van der Waals surface area contributed by atoms with Crippen molar-refractivity contribution in [1.29, 1.82) is 0 Å². The zero-order chi connectivity index (χ0) is 7.33. The number of thiol groups is 1. The molecule has 0 saturated heterocycles. The average molecular weight is 146 g/mol. The van der Waals surface area contributed by atoms with Crippen molar-refractivity contribution in [2.75, 3.05) is 0 Å². The molecular weight excluding hydrogens is 128 g/mol. The lowest BCUT2D eigenvalue weighted by Gasteiger charge is -2.24. The molecule has 0 spiro atoms. The lowest BCUT2D eigenvalue weighted by Crippen LogP contribution is -2.17. The molecule has 0 amide bonds. The first kappa shape index (κ1) is 9.35. The molecule has 0 rings (SSSR count). The highest BCUT2D eigenvalue weighted by Crippen LogP contribution is 2.28. The maximum Gasteiger partial charge on any atom is 0.0124 e. The molecule has 56 valence electrons. The van der Waals surface area contributed by atoms with Crippen LogP contribution >= 0.6 is 12.6 Å². The molecule has 0 aromatic carbocycles. The minimum Gasteiger partial charge on any atom is -0.173 e. The van der Waals surface area contributed by atoms with Crippen LogP contribution < -0.4 is 0 Å². The van der Waals surface area contributed by atoms with E-state index in [9.17, 15) is 0 Å². The summed E-state index contributed by atoms with van der Waals surface area (Å²) in [5.74, 6) is 0. The third-order valence-corrected chi connectivity index (χ3v) is 2.89. The maximum absolute atomic E-state index is 4.60. The van der Waals surface area contributed by atoms with Crippen molar-refractivity contribution >= 4 is 12.6 Å². The minimum absolute atomic E-state index is 0.328. The quantitative estimate of drug-likeness (QED) is 0.578. The summed E-state index contributed by atoms with van der Waals surface area (Å²) in [6.07, 6.45) is 4.90. The van der Waals surface area contributed by atoms with Crippen molar-refractivity contribution in [1.82, 2.24) is 0 Å². The van der Waals surface area contributed by atoms with Gasteiger partial charge < -0.3 is 0 Å². The summed E-state index contributed by atoms with van der Waals surface area (Å²) < 4.78 is 0.328. The third-order valence-electron chi connectivity index (χ3n) is 2.03. The molecule has 0 fully saturated rings. The Balaban J connectivity index is 3.62. The summed E-state index contributed by atoms with van der Waals surface area (Å²) in [6.45, 7) is 6.65. The van der Waals surface area contributed by atoms with Crippen molar-refractivity contribution in [3.63, 3.8) is 0 Å². The van der Waals surface area contributed by atoms with Crippen molar-refractivity contribution in [2.45, 2.75) is 51.2 Å². The van der Waals surface area contributed by atoms with E-state index in [1.54, 1.807) is 0 Å². The second-order valence-corrected chi connectivity index (χ2v) is 3.63. The summed E-state index contributed by atoms with van der Waals surface area (Å²) in [6, 6.07) is 0. The first-order chi connectivity index (χ1) is 4.18. The molecule has 0 N–H and O–H groups in total. The lowest BCUT2D eigenvalue weighted by atomic mass is 9.97. The highest BCUT2D eigenvalue weighted by molar-refractivity contribution is 7.81. The van der Waals surface area contributed by atoms with E-state index in [2.05, 4.69) is 33.4 Å². The molecule has 0 aromatic rings. The second kappa shape index (κ2) is 4.21. The third kappa shape index (κ3) is 3.14. The molecule has 0 aliphatic rings. The molecule has 9 heavy (non-hydrogen) atoms. The van der Waals surface area contributed by atoms with E-state index in [1.165, 1.54) is 25.7 Å². The van der Waals surface area contributed by atoms with Crippen LogP contribution in [0.25, 0.3) is 0 Å². The zero-order valence-corrected chi connectivity index (χ0v) is 7.67. The van der Waals surface area contributed by atoms with Gasteiger partial charge in [0.2, 0.25) is 0 Å². The standard InChI is InChI=1S/C8H18S/c1-4-7-8(9,5-2)6-3/h9H,4-7H2,1-3H3. The average Bonchev–Trinajstić information content (AvgIpc) is 1.89. The monoisotopic (exact) mass is 146 g/mol. The van der Waals surface area contributed by atoms with Gasteiger partial charge in [0.05, 0.1) is 0 Å². The molecule has 0 nitrogen and oxygen atoms in total. The molecule has 0 bridgehead atoms. The molecule has 0 aliphatic carbocycles. The van der Waals surface area contributed by atoms with Gasteiger partial charge in [-0.1, -0.05) is 27.2 Å². The first-order valence-corrected chi connectivity index (χ1v) is 4.35. The van der Waals surface area contributed by atoms with Gasteiger partial charge in [-0.3, -0.25) is 0 Å². The Morgan fingerprint density at radius 3 is 1.67 bits per heavy atom. The number of rotatable bonds is 4. The number of hydrogen-bond donors (Lipinski definition) is 1. The van der Waals surface area contributed by atoms with Crippen LogP contribution in [-0.2, 0) is 0 Å². The summed E-state index contributed by atoms with van der Waals surface area (Å²) in [5, 5.41) is 0. The normalized spacial score (nSPS) is 12.0. The highest BCUT2D eigenvalue weighted by Gasteiger charge is 2.18. The molecule has 0 saturated carbocycles. The van der Waals surface area contributed by atoms with Crippen LogP contribution in [0, 0.1) is 0 Å². The Hall–Kier alpha value is 0.350. The van der Waals surface area contributed by atoms with E-state index >= 15 is 0 Å². The summed E-state index contributed by atoms with van der Waals surface area (Å²) in [4.78, 5) is 0. The van der Waals surface area contributed by atoms with Crippen molar-refractivity contribution in [3.05, 3.63) is 0 Å². The van der Waals surface area contributed by atoms with E-state index in [-0.39, 0.29) is 0 Å². The predicted octanol–water partition coefficient (Wildman–Crippen LogP) is 3.28. The maximum atomic E-state index is 4.60. The van der Waals surface area contributed by atoms with Gasteiger partial charge in [-0.05, 0) is 19.3 Å². The van der Waals surface area contributed by atoms with Gasteiger partial charge in [0, 0.05) is 4.75 Å². The number of hydrogen-bond acceptors (Lipinski definition) is 1. The van der Waals surface area contributed by atoms with Gasteiger partial charge in [-0.15, -0.1) is 0 Å². The van der Waals surface area contributed by atoms with Crippen LogP contribution in [0.3, 0.4) is 0 Å². The van der Waals surface area contributed by atoms with E-state index in [4.69, 9.17) is 0 Å². The highest BCUT2D eigenvalue weighted by atomic mass is 32.1. The van der Waals surface area contributed by atoms with Crippen LogP contribution in [0.2, 0.25) is 0 Å². The van der Waals surface area contributed by atoms with Crippen molar-refractivity contribution in [3.8, 4) is 0 Å². The zero-order valence-electron chi connectivity index (χ0n) is 6.78.